The van der Waals surface area contributed by atoms with Crippen LogP contribution in [0.5, 0.6) is 11.5 Å². The van der Waals surface area contributed by atoms with Crippen molar-refractivity contribution in [3.63, 3.8) is 0 Å². The van der Waals surface area contributed by atoms with Crippen LogP contribution < -0.4 is 15.0 Å². The van der Waals surface area contributed by atoms with Crippen LogP contribution in [0.4, 0.5) is 4.39 Å². The summed E-state index contributed by atoms with van der Waals surface area (Å²) in [7, 11) is 1.54. The van der Waals surface area contributed by atoms with Gasteiger partial charge >= 0.3 is 0 Å². The lowest BCUT2D eigenvalue weighted by Crippen LogP contribution is -2.23. The fourth-order valence-corrected chi connectivity index (χ4v) is 4.39. The first-order valence-corrected chi connectivity index (χ1v) is 12.9. The zero-order valence-electron chi connectivity index (χ0n) is 20.0. The second-order valence-corrected chi connectivity index (χ2v) is 10.0. The minimum absolute atomic E-state index is 0.0273. The Morgan fingerprint density at radius 1 is 1.14 bits per heavy atom. The minimum Gasteiger partial charge on any atom is -0.493 e. The van der Waals surface area contributed by atoms with Crippen LogP contribution in [-0.4, -0.2) is 23.0 Å². The first-order chi connectivity index (χ1) is 17.3. The van der Waals surface area contributed by atoms with E-state index >= 15 is 0 Å². The standard InChI is InChI=1S/C27H24Br2FN3O3/c1-4-16(2)26-32-23-9-8-19(28)12-21(23)27(34)33(26)31-14-18-11-24(35-3)25(13-22(18)29)36-15-17-6-5-7-20(30)10-17/h5-14,16H,4,15H2,1-3H3/t16-/m0/s1. The maximum Gasteiger partial charge on any atom is 0.282 e. The first-order valence-electron chi connectivity index (χ1n) is 11.3. The van der Waals surface area contributed by atoms with Gasteiger partial charge in [-0.2, -0.15) is 9.78 Å². The van der Waals surface area contributed by atoms with Gasteiger partial charge in [0.05, 0.1) is 24.2 Å². The second kappa shape index (κ2) is 11.3. The highest BCUT2D eigenvalue weighted by molar-refractivity contribution is 9.10. The van der Waals surface area contributed by atoms with Crippen LogP contribution in [0.1, 0.15) is 43.1 Å². The van der Waals surface area contributed by atoms with Gasteiger partial charge in [-0.15, -0.1) is 0 Å². The van der Waals surface area contributed by atoms with Gasteiger partial charge in [-0.25, -0.2) is 9.37 Å². The molecule has 0 spiro atoms. The summed E-state index contributed by atoms with van der Waals surface area (Å²) in [4.78, 5) is 18.1. The summed E-state index contributed by atoms with van der Waals surface area (Å²) in [5, 5.41) is 5.01. The van der Waals surface area contributed by atoms with Gasteiger partial charge in [-0.3, -0.25) is 4.79 Å². The SMILES string of the molecule is CC[C@H](C)c1nc2ccc(Br)cc2c(=O)n1N=Cc1cc(OC)c(OCc2cccc(F)c2)cc1Br. The van der Waals surface area contributed by atoms with Gasteiger partial charge in [0.1, 0.15) is 18.2 Å². The van der Waals surface area contributed by atoms with Crippen LogP contribution in [0.2, 0.25) is 0 Å². The van der Waals surface area contributed by atoms with Crippen molar-refractivity contribution in [1.82, 2.24) is 9.66 Å². The molecule has 36 heavy (non-hydrogen) atoms. The van der Waals surface area contributed by atoms with E-state index in [2.05, 4.69) is 37.0 Å². The van der Waals surface area contributed by atoms with Crippen molar-refractivity contribution in [2.75, 3.05) is 7.11 Å². The molecule has 3 aromatic carbocycles. The van der Waals surface area contributed by atoms with Crippen molar-refractivity contribution < 1.29 is 13.9 Å². The number of benzene rings is 3. The van der Waals surface area contributed by atoms with Crippen molar-refractivity contribution in [2.24, 2.45) is 5.10 Å². The molecule has 1 aromatic heterocycles. The van der Waals surface area contributed by atoms with Crippen LogP contribution in [0.3, 0.4) is 0 Å². The lowest BCUT2D eigenvalue weighted by atomic mass is 10.1. The highest BCUT2D eigenvalue weighted by Crippen LogP contribution is 2.33. The Balaban J connectivity index is 1.70. The highest BCUT2D eigenvalue weighted by atomic mass is 79.9. The Morgan fingerprint density at radius 3 is 2.67 bits per heavy atom. The molecule has 0 amide bonds. The molecule has 0 saturated carbocycles. The van der Waals surface area contributed by atoms with Crippen LogP contribution in [-0.2, 0) is 6.61 Å². The summed E-state index contributed by atoms with van der Waals surface area (Å²) in [6.45, 7) is 4.24. The summed E-state index contributed by atoms with van der Waals surface area (Å²) in [5.41, 5.74) is 1.77. The molecule has 4 rings (SSSR count). The van der Waals surface area contributed by atoms with Crippen molar-refractivity contribution in [1.29, 1.82) is 0 Å². The first kappa shape index (κ1) is 26.0. The molecule has 9 heteroatoms. The molecule has 0 N–H and O–H groups in total. The Kier molecular flexibility index (Phi) is 8.21. The van der Waals surface area contributed by atoms with Crippen LogP contribution in [0, 0.1) is 5.82 Å². The predicted molar refractivity (Wildman–Crippen MR) is 147 cm³/mol. The molecule has 0 fully saturated rings. The zero-order chi connectivity index (χ0) is 25.8. The Labute approximate surface area is 225 Å². The van der Waals surface area contributed by atoms with E-state index in [0.29, 0.717) is 43.8 Å². The summed E-state index contributed by atoms with van der Waals surface area (Å²) in [6, 6.07) is 15.2. The molecule has 186 valence electrons. The molecule has 0 saturated heterocycles. The Bertz CT molecular complexity index is 1500. The van der Waals surface area contributed by atoms with E-state index in [1.54, 1.807) is 36.5 Å². The summed E-state index contributed by atoms with van der Waals surface area (Å²) in [6.07, 6.45) is 2.39. The van der Waals surface area contributed by atoms with E-state index in [0.717, 1.165) is 10.9 Å². The van der Waals surface area contributed by atoms with Gasteiger partial charge in [-0.05, 0) is 70.4 Å². The van der Waals surface area contributed by atoms with Crippen LogP contribution >= 0.6 is 31.9 Å². The van der Waals surface area contributed by atoms with Crippen molar-refractivity contribution in [3.8, 4) is 11.5 Å². The number of fused-ring (bicyclic) bond motifs is 1. The number of aromatic nitrogens is 2. The smallest absolute Gasteiger partial charge is 0.282 e. The van der Waals surface area contributed by atoms with Crippen molar-refractivity contribution in [2.45, 2.75) is 32.8 Å². The molecule has 0 bridgehead atoms. The van der Waals surface area contributed by atoms with Gasteiger partial charge in [-0.1, -0.05) is 41.9 Å². The van der Waals surface area contributed by atoms with E-state index in [1.807, 2.05) is 26.0 Å². The molecule has 0 aliphatic carbocycles. The van der Waals surface area contributed by atoms with Crippen LogP contribution in [0.15, 0.2) is 73.4 Å². The van der Waals surface area contributed by atoms with Gasteiger partial charge in [0.25, 0.3) is 5.56 Å². The number of rotatable bonds is 8. The fourth-order valence-electron chi connectivity index (χ4n) is 3.61. The summed E-state index contributed by atoms with van der Waals surface area (Å²) >= 11 is 6.98. The average Bonchev–Trinajstić information content (AvgIpc) is 2.87. The number of hydrogen-bond acceptors (Lipinski definition) is 5. The normalized spacial score (nSPS) is 12.3. The monoisotopic (exact) mass is 615 g/mol. The predicted octanol–water partition coefficient (Wildman–Crippen LogP) is 7.04. The van der Waals surface area contributed by atoms with Crippen molar-refractivity contribution in [3.05, 3.63) is 96.7 Å². The summed E-state index contributed by atoms with van der Waals surface area (Å²) in [5.74, 6) is 1.26. The van der Waals surface area contributed by atoms with Gasteiger partial charge in [0.15, 0.2) is 11.5 Å². The molecule has 1 atom stereocenters. The second-order valence-electron chi connectivity index (χ2n) is 8.25. The molecular formula is C27H24Br2FN3O3. The third kappa shape index (κ3) is 5.68. The number of ether oxygens (including phenoxy) is 2. The van der Waals surface area contributed by atoms with E-state index < -0.39 is 0 Å². The van der Waals surface area contributed by atoms with Gasteiger partial charge in [0, 0.05) is 20.4 Å². The van der Waals surface area contributed by atoms with Crippen molar-refractivity contribution >= 4 is 49.0 Å². The fraction of sp³-hybridized carbons (Fsp3) is 0.222. The topological polar surface area (TPSA) is 65.7 Å². The van der Waals surface area contributed by atoms with E-state index in [-0.39, 0.29) is 23.9 Å². The van der Waals surface area contributed by atoms with Crippen LogP contribution in [0.25, 0.3) is 10.9 Å². The molecule has 0 aliphatic heterocycles. The number of hydrogen-bond donors (Lipinski definition) is 0. The minimum atomic E-state index is -0.321. The van der Waals surface area contributed by atoms with Gasteiger partial charge in [0.2, 0.25) is 0 Å². The van der Waals surface area contributed by atoms with E-state index in [4.69, 9.17) is 14.5 Å². The maximum absolute atomic E-state index is 13.5. The average molecular weight is 617 g/mol. The molecular weight excluding hydrogens is 593 g/mol. The summed E-state index contributed by atoms with van der Waals surface area (Å²) < 4.78 is 27.7. The largest absolute Gasteiger partial charge is 0.493 e. The maximum atomic E-state index is 13.5. The lowest BCUT2D eigenvalue weighted by molar-refractivity contribution is 0.284. The molecule has 4 aromatic rings. The van der Waals surface area contributed by atoms with E-state index in [9.17, 15) is 9.18 Å². The lowest BCUT2D eigenvalue weighted by Gasteiger charge is -2.15. The molecule has 0 unspecified atom stereocenters. The Morgan fingerprint density at radius 2 is 1.94 bits per heavy atom. The number of halogens is 3. The Hall–Kier alpha value is -3.04. The highest BCUT2D eigenvalue weighted by Gasteiger charge is 2.16. The van der Waals surface area contributed by atoms with E-state index in [1.165, 1.54) is 23.9 Å². The quantitative estimate of drug-likeness (QED) is 0.199. The molecule has 1 heterocycles. The molecule has 0 radical (unpaired) electrons. The third-order valence-electron chi connectivity index (χ3n) is 5.77. The zero-order valence-corrected chi connectivity index (χ0v) is 23.1. The number of methoxy groups -OCH3 is 1. The molecule has 0 aliphatic rings. The van der Waals surface area contributed by atoms with Gasteiger partial charge < -0.3 is 9.47 Å². The molecule has 6 nitrogen and oxygen atoms in total. The third-order valence-corrected chi connectivity index (χ3v) is 6.95. The number of nitrogens with zero attached hydrogens (tertiary/aromatic N) is 3.